The van der Waals surface area contributed by atoms with Gasteiger partial charge in [0.05, 0.1) is 7.11 Å². The Labute approximate surface area is 110 Å². The predicted octanol–water partition coefficient (Wildman–Crippen LogP) is 3.18. The maximum Gasteiger partial charge on any atom is 0.407 e. The van der Waals surface area contributed by atoms with E-state index in [0.717, 1.165) is 12.8 Å². The Kier molecular flexibility index (Phi) is 4.10. The van der Waals surface area contributed by atoms with Crippen molar-refractivity contribution in [2.75, 3.05) is 7.11 Å². The van der Waals surface area contributed by atoms with Gasteiger partial charge in [-0.05, 0) is 38.5 Å². The summed E-state index contributed by atoms with van der Waals surface area (Å²) in [4.78, 5) is 11.2. The van der Waals surface area contributed by atoms with Gasteiger partial charge in [0.15, 0.2) is 0 Å². The average Bonchev–Trinajstić information content (AvgIpc) is 2.30. The molecule has 0 radical (unpaired) electrons. The van der Waals surface area contributed by atoms with E-state index in [1.807, 2.05) is 0 Å². The molecule has 2 aliphatic rings. The first-order chi connectivity index (χ1) is 7.70. The lowest BCUT2D eigenvalue weighted by Crippen LogP contribution is -2.43. The lowest BCUT2D eigenvalue weighted by Gasteiger charge is -2.34. The Morgan fingerprint density at radius 1 is 1.31 bits per heavy atom. The van der Waals surface area contributed by atoms with Crippen LogP contribution in [0.1, 0.15) is 38.5 Å². The van der Waals surface area contributed by atoms with Gasteiger partial charge < -0.3 is 10.1 Å². The largest absolute Gasteiger partial charge is 0.453 e. The number of nitrogens with one attached hydrogen (secondary N) is 1. The molecule has 0 saturated heterocycles. The third kappa shape index (κ3) is 2.70. The quantitative estimate of drug-likeness (QED) is 0.454. The minimum Gasteiger partial charge on any atom is -0.453 e. The Bertz CT molecular complexity index is 314. The molecule has 16 heavy (non-hydrogen) atoms. The molecule has 3 nitrogen and oxygen atoms in total. The maximum absolute atomic E-state index is 11.2. The van der Waals surface area contributed by atoms with Crippen LogP contribution in [0.4, 0.5) is 4.79 Å². The molecule has 0 aromatic rings. The number of carbonyl (C=O) groups is 1. The van der Waals surface area contributed by atoms with Gasteiger partial charge in [-0.1, -0.05) is 33.7 Å². The fourth-order valence-corrected chi connectivity index (χ4v) is 3.61. The van der Waals surface area contributed by atoms with Crippen LogP contribution in [-0.2, 0) is 4.74 Å². The van der Waals surface area contributed by atoms with Crippen LogP contribution in [0, 0.1) is 0 Å². The number of halogens is 1. The summed E-state index contributed by atoms with van der Waals surface area (Å²) < 4.78 is 5.18. The molecule has 0 saturated carbocycles. The van der Waals surface area contributed by atoms with E-state index in [2.05, 4.69) is 32.6 Å². The Balaban J connectivity index is 2.02. The minimum absolute atomic E-state index is 0.255. The highest BCUT2D eigenvalue weighted by Crippen LogP contribution is 2.38. The summed E-state index contributed by atoms with van der Waals surface area (Å²) in [5.74, 6) is 0. The zero-order valence-corrected chi connectivity index (χ0v) is 11.7. The normalized spacial score (nSPS) is 29.6. The number of carbonyl (C=O) groups excluding carboxylic acids is 1. The molecular weight excluding hydrogens is 317 g/mol. The molecule has 0 heterocycles. The molecule has 0 aromatic heterocycles. The molecule has 1 N–H and O–H groups in total. The molecule has 2 rings (SSSR count). The summed E-state index contributed by atoms with van der Waals surface area (Å²) in [6.45, 7) is 0. The van der Waals surface area contributed by atoms with Crippen LogP contribution in [0.3, 0.4) is 0 Å². The second-order valence-electron chi connectivity index (χ2n) is 4.58. The SMILES string of the molecule is COC(=O)N[C@@H]1CC2=C(CCCC2)C[C@H]1I. The topological polar surface area (TPSA) is 38.3 Å². The van der Waals surface area contributed by atoms with E-state index in [9.17, 15) is 4.79 Å². The van der Waals surface area contributed by atoms with Gasteiger partial charge in [-0.3, -0.25) is 0 Å². The highest BCUT2D eigenvalue weighted by molar-refractivity contribution is 14.1. The standard InChI is InChI=1S/C12H18INO2/c1-16-12(15)14-11-7-9-5-3-2-4-8(9)6-10(11)13/h10-11H,2-7H2,1H3,(H,14,15)/t10-,11-/m1/s1. The van der Waals surface area contributed by atoms with Gasteiger partial charge in [0, 0.05) is 9.97 Å². The van der Waals surface area contributed by atoms with Crippen molar-refractivity contribution in [1.82, 2.24) is 5.32 Å². The molecule has 0 fully saturated rings. The van der Waals surface area contributed by atoms with Crippen LogP contribution < -0.4 is 5.32 Å². The fraction of sp³-hybridized carbons (Fsp3) is 0.750. The summed E-state index contributed by atoms with van der Waals surface area (Å²) in [5, 5.41) is 2.95. The van der Waals surface area contributed by atoms with Crippen LogP contribution in [0.25, 0.3) is 0 Å². The molecule has 90 valence electrons. The van der Waals surface area contributed by atoms with Gasteiger partial charge in [-0.15, -0.1) is 0 Å². The van der Waals surface area contributed by atoms with Gasteiger partial charge in [0.25, 0.3) is 0 Å². The van der Waals surface area contributed by atoms with Gasteiger partial charge in [-0.2, -0.15) is 0 Å². The second kappa shape index (κ2) is 5.38. The first kappa shape index (κ1) is 12.2. The number of hydrogen-bond donors (Lipinski definition) is 1. The van der Waals surface area contributed by atoms with Crippen molar-refractivity contribution >= 4 is 28.7 Å². The molecule has 0 unspecified atom stereocenters. The summed E-state index contributed by atoms with van der Waals surface area (Å²) in [7, 11) is 1.42. The van der Waals surface area contributed by atoms with Crippen LogP contribution in [0.15, 0.2) is 11.1 Å². The smallest absolute Gasteiger partial charge is 0.407 e. The zero-order valence-electron chi connectivity index (χ0n) is 9.59. The monoisotopic (exact) mass is 335 g/mol. The Morgan fingerprint density at radius 3 is 2.56 bits per heavy atom. The van der Waals surface area contributed by atoms with Crippen LogP contribution in [0.5, 0.6) is 0 Å². The van der Waals surface area contributed by atoms with Gasteiger partial charge in [0.1, 0.15) is 0 Å². The van der Waals surface area contributed by atoms with Gasteiger partial charge in [0.2, 0.25) is 0 Å². The zero-order chi connectivity index (χ0) is 11.5. The molecular formula is C12H18INO2. The molecule has 1 amide bonds. The second-order valence-corrected chi connectivity index (χ2v) is 6.18. The van der Waals surface area contributed by atoms with Crippen molar-refractivity contribution < 1.29 is 9.53 Å². The summed E-state index contributed by atoms with van der Waals surface area (Å²) >= 11 is 2.45. The third-order valence-electron chi connectivity index (χ3n) is 3.54. The van der Waals surface area contributed by atoms with Crippen molar-refractivity contribution in [1.29, 1.82) is 0 Å². The number of rotatable bonds is 1. The van der Waals surface area contributed by atoms with E-state index in [1.165, 1.54) is 32.8 Å². The van der Waals surface area contributed by atoms with E-state index in [-0.39, 0.29) is 12.1 Å². The van der Waals surface area contributed by atoms with Gasteiger partial charge in [-0.25, -0.2) is 4.79 Å². The van der Waals surface area contributed by atoms with Crippen LogP contribution in [-0.4, -0.2) is 23.2 Å². The molecule has 4 heteroatoms. The molecule has 0 spiro atoms. The van der Waals surface area contributed by atoms with E-state index in [4.69, 9.17) is 0 Å². The van der Waals surface area contributed by atoms with Gasteiger partial charge >= 0.3 is 6.09 Å². The van der Waals surface area contributed by atoms with Crippen LogP contribution >= 0.6 is 22.6 Å². The number of hydrogen-bond acceptors (Lipinski definition) is 2. The lowest BCUT2D eigenvalue weighted by molar-refractivity contribution is 0.166. The number of methoxy groups -OCH3 is 1. The van der Waals surface area contributed by atoms with E-state index >= 15 is 0 Å². The summed E-state index contributed by atoms with van der Waals surface area (Å²) in [6.07, 6.45) is 7.04. The minimum atomic E-state index is -0.300. The Morgan fingerprint density at radius 2 is 1.94 bits per heavy atom. The van der Waals surface area contributed by atoms with Crippen molar-refractivity contribution in [3.8, 4) is 0 Å². The number of amides is 1. The number of alkyl halides is 1. The molecule has 0 aromatic carbocycles. The van der Waals surface area contributed by atoms with E-state index in [0.29, 0.717) is 3.92 Å². The van der Waals surface area contributed by atoms with Crippen molar-refractivity contribution in [3.63, 3.8) is 0 Å². The van der Waals surface area contributed by atoms with Crippen molar-refractivity contribution in [2.24, 2.45) is 0 Å². The Hall–Kier alpha value is -0.260. The average molecular weight is 335 g/mol. The highest BCUT2D eigenvalue weighted by atomic mass is 127. The lowest BCUT2D eigenvalue weighted by atomic mass is 9.80. The van der Waals surface area contributed by atoms with E-state index < -0.39 is 0 Å². The molecule has 2 atom stereocenters. The predicted molar refractivity (Wildman–Crippen MR) is 71.9 cm³/mol. The molecule has 0 aliphatic heterocycles. The number of alkyl carbamates (subject to hydrolysis) is 1. The van der Waals surface area contributed by atoms with Crippen molar-refractivity contribution in [2.45, 2.75) is 48.5 Å². The summed E-state index contributed by atoms with van der Waals surface area (Å²) in [6, 6.07) is 0.255. The highest BCUT2D eigenvalue weighted by Gasteiger charge is 2.30. The first-order valence-corrected chi connectivity index (χ1v) is 7.13. The fourth-order valence-electron chi connectivity index (χ4n) is 2.65. The molecule has 0 bridgehead atoms. The van der Waals surface area contributed by atoms with Crippen molar-refractivity contribution in [3.05, 3.63) is 11.1 Å². The third-order valence-corrected chi connectivity index (χ3v) is 4.85. The molecule has 2 aliphatic carbocycles. The summed E-state index contributed by atoms with van der Waals surface area (Å²) in [5.41, 5.74) is 3.26. The maximum atomic E-state index is 11.2. The van der Waals surface area contributed by atoms with E-state index in [1.54, 1.807) is 11.1 Å². The number of ether oxygens (including phenoxy) is 1. The van der Waals surface area contributed by atoms with Crippen LogP contribution in [0.2, 0.25) is 0 Å². The number of allylic oxidation sites excluding steroid dienone is 1. The first-order valence-electron chi connectivity index (χ1n) is 5.89.